The summed E-state index contributed by atoms with van der Waals surface area (Å²) in [4.78, 5) is 13.2. The smallest absolute Gasteiger partial charge is 0.303 e. The van der Waals surface area contributed by atoms with E-state index in [0.29, 0.717) is 18.3 Å². The predicted octanol–water partition coefficient (Wildman–Crippen LogP) is 2.23. The molecule has 0 amide bonds. The Morgan fingerprint density at radius 2 is 2.14 bits per heavy atom. The van der Waals surface area contributed by atoms with Crippen LogP contribution in [0.2, 0.25) is 0 Å². The van der Waals surface area contributed by atoms with E-state index >= 15 is 0 Å². The molecule has 1 aromatic rings. The number of carbonyl (C=O) groups excluding carboxylic acids is 1. The van der Waals surface area contributed by atoms with Crippen LogP contribution in [0.4, 0.5) is 13.2 Å². The minimum absolute atomic E-state index is 0.224. The number of nitrogens with zero attached hydrogens (tertiary/aromatic N) is 1. The SMILES string of the molecule is O=CCCc1ccnc(C(F)(F)F)c1. The molecular formula is C9H8F3NO. The minimum atomic E-state index is -4.42. The molecule has 0 atom stereocenters. The molecule has 2 nitrogen and oxygen atoms in total. The largest absolute Gasteiger partial charge is 0.433 e. The van der Waals surface area contributed by atoms with Gasteiger partial charge >= 0.3 is 6.18 Å². The number of aryl methyl sites for hydroxylation is 1. The van der Waals surface area contributed by atoms with Crippen molar-refractivity contribution in [1.82, 2.24) is 4.98 Å². The molecular weight excluding hydrogens is 195 g/mol. The maximum Gasteiger partial charge on any atom is 0.433 e. The van der Waals surface area contributed by atoms with Gasteiger partial charge in [0, 0.05) is 12.6 Å². The molecule has 1 heterocycles. The van der Waals surface area contributed by atoms with Gasteiger partial charge in [-0.1, -0.05) is 0 Å². The van der Waals surface area contributed by atoms with Gasteiger partial charge in [0.1, 0.15) is 12.0 Å². The van der Waals surface area contributed by atoms with Crippen LogP contribution >= 0.6 is 0 Å². The van der Waals surface area contributed by atoms with Crippen LogP contribution in [0.5, 0.6) is 0 Å². The highest BCUT2D eigenvalue weighted by Crippen LogP contribution is 2.27. The molecule has 1 aromatic heterocycles. The second-order valence-corrected chi connectivity index (χ2v) is 2.75. The lowest BCUT2D eigenvalue weighted by molar-refractivity contribution is -0.141. The quantitative estimate of drug-likeness (QED) is 0.705. The third-order valence-electron chi connectivity index (χ3n) is 1.67. The zero-order valence-electron chi connectivity index (χ0n) is 7.21. The summed E-state index contributed by atoms with van der Waals surface area (Å²) in [5, 5.41) is 0. The Hall–Kier alpha value is -1.39. The van der Waals surface area contributed by atoms with Crippen molar-refractivity contribution in [3.05, 3.63) is 29.6 Å². The first-order valence-electron chi connectivity index (χ1n) is 4.00. The average Bonchev–Trinajstić information content (AvgIpc) is 2.14. The second-order valence-electron chi connectivity index (χ2n) is 2.75. The van der Waals surface area contributed by atoms with Gasteiger partial charge in [0.2, 0.25) is 0 Å². The Bertz CT molecular complexity index is 322. The van der Waals surface area contributed by atoms with E-state index in [9.17, 15) is 18.0 Å². The Balaban J connectivity index is 2.84. The number of aldehydes is 1. The predicted molar refractivity (Wildman–Crippen MR) is 43.6 cm³/mol. The van der Waals surface area contributed by atoms with Crippen LogP contribution in [-0.4, -0.2) is 11.3 Å². The zero-order valence-corrected chi connectivity index (χ0v) is 7.21. The molecule has 0 radical (unpaired) electrons. The van der Waals surface area contributed by atoms with Gasteiger partial charge in [0.15, 0.2) is 0 Å². The summed E-state index contributed by atoms with van der Waals surface area (Å²) in [7, 11) is 0. The molecule has 0 saturated heterocycles. The number of alkyl halides is 3. The molecule has 0 fully saturated rings. The van der Waals surface area contributed by atoms with Crippen molar-refractivity contribution >= 4 is 6.29 Å². The van der Waals surface area contributed by atoms with Crippen molar-refractivity contribution in [2.24, 2.45) is 0 Å². The zero-order chi connectivity index (χ0) is 10.6. The number of halogens is 3. The van der Waals surface area contributed by atoms with Crippen LogP contribution < -0.4 is 0 Å². The summed E-state index contributed by atoms with van der Waals surface area (Å²) in [6.45, 7) is 0. The fourth-order valence-electron chi connectivity index (χ4n) is 1.01. The Labute approximate surface area is 78.8 Å². The molecule has 0 aromatic carbocycles. The highest BCUT2D eigenvalue weighted by atomic mass is 19.4. The van der Waals surface area contributed by atoms with Gasteiger partial charge in [-0.05, 0) is 24.1 Å². The lowest BCUT2D eigenvalue weighted by atomic mass is 10.1. The van der Waals surface area contributed by atoms with Crippen LogP contribution in [0.15, 0.2) is 18.3 Å². The first kappa shape index (κ1) is 10.7. The summed E-state index contributed by atoms with van der Waals surface area (Å²) in [6, 6.07) is 2.43. The molecule has 0 bridgehead atoms. The minimum Gasteiger partial charge on any atom is -0.303 e. The lowest BCUT2D eigenvalue weighted by Gasteiger charge is -2.06. The lowest BCUT2D eigenvalue weighted by Crippen LogP contribution is -2.08. The van der Waals surface area contributed by atoms with Crippen LogP contribution in [-0.2, 0) is 17.4 Å². The highest BCUT2D eigenvalue weighted by Gasteiger charge is 2.32. The topological polar surface area (TPSA) is 30.0 Å². The molecule has 1 rings (SSSR count). The Morgan fingerprint density at radius 3 is 2.71 bits per heavy atom. The first-order valence-corrected chi connectivity index (χ1v) is 4.00. The molecule has 14 heavy (non-hydrogen) atoms. The Morgan fingerprint density at radius 1 is 1.43 bits per heavy atom. The van der Waals surface area contributed by atoms with Crippen LogP contribution in [0.3, 0.4) is 0 Å². The van der Waals surface area contributed by atoms with E-state index in [4.69, 9.17) is 0 Å². The van der Waals surface area contributed by atoms with E-state index in [-0.39, 0.29) is 6.42 Å². The van der Waals surface area contributed by atoms with Gasteiger partial charge in [-0.25, -0.2) is 0 Å². The molecule has 0 N–H and O–H groups in total. The summed E-state index contributed by atoms with van der Waals surface area (Å²) < 4.78 is 36.5. The Kier molecular flexibility index (Phi) is 3.22. The first-order chi connectivity index (χ1) is 6.54. The van der Waals surface area contributed by atoms with Crippen molar-refractivity contribution in [1.29, 1.82) is 0 Å². The maximum atomic E-state index is 12.2. The van der Waals surface area contributed by atoms with E-state index in [1.165, 1.54) is 6.07 Å². The summed E-state index contributed by atoms with van der Waals surface area (Å²) in [5.41, 5.74) is -0.444. The van der Waals surface area contributed by atoms with Crippen molar-refractivity contribution < 1.29 is 18.0 Å². The summed E-state index contributed by atoms with van der Waals surface area (Å²) >= 11 is 0. The number of hydrogen-bond acceptors (Lipinski definition) is 2. The van der Waals surface area contributed by atoms with Gasteiger partial charge in [0.25, 0.3) is 0 Å². The fraction of sp³-hybridized carbons (Fsp3) is 0.333. The van der Waals surface area contributed by atoms with Crippen molar-refractivity contribution in [3.63, 3.8) is 0 Å². The number of rotatable bonds is 3. The van der Waals surface area contributed by atoms with E-state index in [1.54, 1.807) is 0 Å². The van der Waals surface area contributed by atoms with Crippen LogP contribution in [0.25, 0.3) is 0 Å². The second kappa shape index (κ2) is 4.21. The highest BCUT2D eigenvalue weighted by molar-refractivity contribution is 5.50. The van der Waals surface area contributed by atoms with Gasteiger partial charge in [-0.2, -0.15) is 13.2 Å². The summed E-state index contributed by atoms with van der Waals surface area (Å²) in [5.74, 6) is 0. The fourth-order valence-corrected chi connectivity index (χ4v) is 1.01. The maximum absolute atomic E-state index is 12.2. The van der Waals surface area contributed by atoms with E-state index in [0.717, 1.165) is 12.3 Å². The van der Waals surface area contributed by atoms with Crippen molar-refractivity contribution in [2.75, 3.05) is 0 Å². The summed E-state index contributed by atoms with van der Waals surface area (Å²) in [6.07, 6.45) is -2.11. The van der Waals surface area contributed by atoms with E-state index < -0.39 is 11.9 Å². The number of carbonyl (C=O) groups is 1. The molecule has 0 aliphatic heterocycles. The number of aromatic nitrogens is 1. The van der Waals surface area contributed by atoms with Crippen LogP contribution in [0, 0.1) is 0 Å². The molecule has 5 heteroatoms. The monoisotopic (exact) mass is 203 g/mol. The van der Waals surface area contributed by atoms with Gasteiger partial charge < -0.3 is 4.79 Å². The van der Waals surface area contributed by atoms with Crippen molar-refractivity contribution in [2.45, 2.75) is 19.0 Å². The van der Waals surface area contributed by atoms with Crippen LogP contribution in [0.1, 0.15) is 17.7 Å². The molecule has 0 saturated carbocycles. The molecule has 0 aliphatic carbocycles. The molecule has 0 aliphatic rings. The molecule has 76 valence electrons. The van der Waals surface area contributed by atoms with E-state index in [1.807, 2.05) is 0 Å². The average molecular weight is 203 g/mol. The standard InChI is InChI=1S/C9H8F3NO/c10-9(11,12)8-6-7(2-1-5-14)3-4-13-8/h3-6H,1-2H2. The third-order valence-corrected chi connectivity index (χ3v) is 1.67. The van der Waals surface area contributed by atoms with Gasteiger partial charge in [0.05, 0.1) is 0 Å². The van der Waals surface area contributed by atoms with Gasteiger partial charge in [-0.3, -0.25) is 4.98 Å². The number of pyridine rings is 1. The third kappa shape index (κ3) is 2.83. The van der Waals surface area contributed by atoms with Gasteiger partial charge in [-0.15, -0.1) is 0 Å². The van der Waals surface area contributed by atoms with Crippen molar-refractivity contribution in [3.8, 4) is 0 Å². The molecule has 0 spiro atoms. The van der Waals surface area contributed by atoms with E-state index in [2.05, 4.69) is 4.98 Å². The normalized spacial score (nSPS) is 11.4. The number of hydrogen-bond donors (Lipinski definition) is 0. The molecule has 0 unspecified atom stereocenters.